The van der Waals surface area contributed by atoms with E-state index in [0.29, 0.717) is 12.6 Å². The molecule has 1 fully saturated rings. The molecule has 0 radical (unpaired) electrons. The predicted molar refractivity (Wildman–Crippen MR) is 81.5 cm³/mol. The first-order valence-electron chi connectivity index (χ1n) is 7.83. The van der Waals surface area contributed by atoms with Crippen molar-refractivity contribution in [1.82, 2.24) is 9.78 Å². The lowest BCUT2D eigenvalue weighted by molar-refractivity contribution is -0.929. The van der Waals surface area contributed by atoms with Crippen molar-refractivity contribution in [3.63, 3.8) is 0 Å². The lowest BCUT2D eigenvalue weighted by Gasteiger charge is -2.29. The number of quaternary nitrogens is 1. The number of nitrogens with one attached hydrogen (secondary N) is 1. The first-order valence-corrected chi connectivity index (χ1v) is 7.83. The summed E-state index contributed by atoms with van der Waals surface area (Å²) in [6.45, 7) is 2.54. The molecule has 2 aromatic rings. The molecule has 5 nitrogen and oxygen atoms in total. The fourth-order valence-corrected chi connectivity index (χ4v) is 3.15. The zero-order valence-electron chi connectivity index (χ0n) is 12.6. The van der Waals surface area contributed by atoms with Crippen molar-refractivity contribution in [2.24, 2.45) is 5.92 Å². The fourth-order valence-electron chi connectivity index (χ4n) is 3.15. The second-order valence-electron chi connectivity index (χ2n) is 6.05. The number of hydrogen-bond acceptors (Lipinski definition) is 3. The quantitative estimate of drug-likeness (QED) is 0.851. The minimum absolute atomic E-state index is 0.196. The van der Waals surface area contributed by atoms with Gasteiger partial charge in [-0.25, -0.2) is 0 Å². The van der Waals surface area contributed by atoms with E-state index >= 15 is 0 Å². The monoisotopic (exact) mass is 299 g/mol. The molecule has 22 heavy (non-hydrogen) atoms. The number of likely N-dealkylation sites (tertiary alicyclic amines) is 1. The summed E-state index contributed by atoms with van der Waals surface area (Å²) in [5.41, 5.74) is 1.20. The number of hydrogen-bond donors (Lipinski definition) is 1. The van der Waals surface area contributed by atoms with Crippen LogP contribution < -0.4 is 15.6 Å². The highest BCUT2D eigenvalue weighted by atomic mass is 16.3. The summed E-state index contributed by atoms with van der Waals surface area (Å²) in [5, 5.41) is 15.0. The van der Waals surface area contributed by atoms with Gasteiger partial charge >= 0.3 is 0 Å². The van der Waals surface area contributed by atoms with E-state index < -0.39 is 0 Å². The van der Waals surface area contributed by atoms with Crippen molar-refractivity contribution in [1.29, 1.82) is 0 Å². The third-order valence-corrected chi connectivity index (χ3v) is 4.40. The smallest absolute Gasteiger partial charge is 0.271 e. The van der Waals surface area contributed by atoms with Crippen LogP contribution in [0.3, 0.4) is 0 Å². The lowest BCUT2D eigenvalue weighted by Crippen LogP contribution is -3.12. The summed E-state index contributed by atoms with van der Waals surface area (Å²) in [7, 11) is 0. The van der Waals surface area contributed by atoms with Crippen molar-refractivity contribution in [3.8, 4) is 5.88 Å². The number of benzene rings is 1. The molecule has 2 heterocycles. The molecular weight excluding hydrogens is 278 g/mol. The number of nitrogens with zero attached hydrogens (tertiary/aromatic N) is 2. The van der Waals surface area contributed by atoms with Gasteiger partial charge in [-0.1, -0.05) is 30.3 Å². The van der Waals surface area contributed by atoms with Crippen LogP contribution in [-0.2, 0) is 13.1 Å². The van der Waals surface area contributed by atoms with Crippen LogP contribution in [0.25, 0.3) is 0 Å². The van der Waals surface area contributed by atoms with E-state index in [-0.39, 0.29) is 11.4 Å². The average Bonchev–Trinajstić information content (AvgIpc) is 2.54. The molecule has 3 rings (SSSR count). The Morgan fingerprint density at radius 1 is 1.14 bits per heavy atom. The van der Waals surface area contributed by atoms with Gasteiger partial charge in [0.2, 0.25) is 0 Å². The fraction of sp³-hybridized carbons (Fsp3) is 0.412. The minimum atomic E-state index is -0.349. The van der Waals surface area contributed by atoms with Crippen molar-refractivity contribution in [2.75, 3.05) is 13.1 Å². The van der Waals surface area contributed by atoms with Crippen LogP contribution >= 0.6 is 0 Å². The third-order valence-electron chi connectivity index (χ3n) is 4.40. The van der Waals surface area contributed by atoms with Crippen molar-refractivity contribution < 1.29 is 10.0 Å². The molecule has 0 unspecified atom stereocenters. The molecule has 0 aliphatic carbocycles. The van der Waals surface area contributed by atoms with E-state index in [2.05, 4.69) is 29.4 Å². The molecule has 5 heteroatoms. The van der Waals surface area contributed by atoms with Crippen molar-refractivity contribution in [3.05, 3.63) is 58.4 Å². The first kappa shape index (κ1) is 14.8. The molecule has 1 aromatic heterocycles. The summed E-state index contributed by atoms with van der Waals surface area (Å²) in [6.07, 6.45) is 3.43. The summed E-state index contributed by atoms with van der Waals surface area (Å²) < 4.78 is 1.30. The maximum Gasteiger partial charge on any atom is 0.271 e. The Kier molecular flexibility index (Phi) is 4.53. The van der Waals surface area contributed by atoms with Crippen LogP contribution in [0, 0.1) is 5.92 Å². The Balaban J connectivity index is 1.53. The van der Waals surface area contributed by atoms with Gasteiger partial charge in [0.1, 0.15) is 0 Å². The summed E-state index contributed by atoms with van der Waals surface area (Å²) in [5.74, 6) is 0.361. The SMILES string of the molecule is O=c1ccc([O-])nn1C[NH+]1CCC(Cc2ccccc2)CC1. The Bertz CT molecular complexity index is 661. The average molecular weight is 299 g/mol. The highest BCUT2D eigenvalue weighted by molar-refractivity contribution is 5.15. The van der Waals surface area contributed by atoms with Gasteiger partial charge in [-0.2, -0.15) is 9.78 Å². The molecule has 0 amide bonds. The van der Waals surface area contributed by atoms with Crippen LogP contribution in [0.1, 0.15) is 18.4 Å². The maximum atomic E-state index is 11.7. The van der Waals surface area contributed by atoms with Crippen LogP contribution in [0.5, 0.6) is 5.88 Å². The first-order chi connectivity index (χ1) is 10.7. The van der Waals surface area contributed by atoms with Gasteiger partial charge in [-0.3, -0.25) is 4.79 Å². The zero-order valence-corrected chi connectivity index (χ0v) is 12.6. The van der Waals surface area contributed by atoms with Crippen molar-refractivity contribution in [2.45, 2.75) is 25.9 Å². The van der Waals surface area contributed by atoms with E-state index in [1.54, 1.807) is 0 Å². The van der Waals surface area contributed by atoms with E-state index in [1.165, 1.54) is 27.3 Å². The second-order valence-corrected chi connectivity index (χ2v) is 6.05. The van der Waals surface area contributed by atoms with Gasteiger partial charge < -0.3 is 10.0 Å². The van der Waals surface area contributed by atoms with Crippen LogP contribution in [-0.4, -0.2) is 22.9 Å². The van der Waals surface area contributed by atoms with Crippen LogP contribution in [0.4, 0.5) is 0 Å². The number of rotatable bonds is 4. The second kappa shape index (κ2) is 6.75. The van der Waals surface area contributed by atoms with Crippen molar-refractivity contribution >= 4 is 0 Å². The van der Waals surface area contributed by atoms with E-state index in [9.17, 15) is 9.90 Å². The van der Waals surface area contributed by atoms with Gasteiger partial charge in [-0.15, -0.1) is 0 Å². The molecule has 0 bridgehead atoms. The number of piperidine rings is 1. The lowest BCUT2D eigenvalue weighted by atomic mass is 9.90. The van der Waals surface area contributed by atoms with Gasteiger partial charge in [0.25, 0.3) is 5.56 Å². The Morgan fingerprint density at radius 2 is 1.86 bits per heavy atom. The Labute approximate surface area is 129 Å². The third kappa shape index (κ3) is 3.74. The van der Waals surface area contributed by atoms with Gasteiger partial charge in [0, 0.05) is 11.9 Å². The largest absolute Gasteiger partial charge is 0.857 e. The molecule has 1 N–H and O–H groups in total. The summed E-state index contributed by atoms with van der Waals surface area (Å²) in [6, 6.07) is 13.1. The molecule has 0 saturated carbocycles. The minimum Gasteiger partial charge on any atom is -0.857 e. The molecule has 0 spiro atoms. The summed E-state index contributed by atoms with van der Waals surface area (Å²) in [4.78, 5) is 13.0. The highest BCUT2D eigenvalue weighted by Gasteiger charge is 2.22. The number of aromatic nitrogens is 2. The van der Waals surface area contributed by atoms with E-state index in [0.717, 1.165) is 32.4 Å². The Morgan fingerprint density at radius 3 is 2.59 bits per heavy atom. The molecule has 1 aliphatic rings. The molecular formula is C17H21N3O2. The normalized spacial score (nSPS) is 21.6. The molecule has 1 saturated heterocycles. The predicted octanol–water partition coefficient (Wildman–Crippen LogP) is -0.188. The topological polar surface area (TPSA) is 62.4 Å². The highest BCUT2D eigenvalue weighted by Crippen LogP contribution is 2.16. The Hall–Kier alpha value is -2.14. The van der Waals surface area contributed by atoms with Gasteiger partial charge in [0.05, 0.1) is 13.1 Å². The van der Waals surface area contributed by atoms with Crippen LogP contribution in [0.2, 0.25) is 0 Å². The van der Waals surface area contributed by atoms with Gasteiger partial charge in [-0.05, 0) is 36.8 Å². The molecule has 116 valence electrons. The zero-order chi connectivity index (χ0) is 15.4. The van der Waals surface area contributed by atoms with Crippen LogP contribution in [0.15, 0.2) is 47.3 Å². The summed E-state index contributed by atoms with van der Waals surface area (Å²) >= 11 is 0. The molecule has 1 aromatic carbocycles. The van der Waals surface area contributed by atoms with E-state index in [4.69, 9.17) is 0 Å². The van der Waals surface area contributed by atoms with E-state index in [1.807, 2.05) is 6.07 Å². The van der Waals surface area contributed by atoms with Gasteiger partial charge in [0.15, 0.2) is 6.67 Å². The standard InChI is InChI=1S/C17H21N3O2/c21-16-6-7-17(22)20(18-16)13-19-10-8-15(9-11-19)12-14-4-2-1-3-5-14/h1-7,15H,8-13H2,(H,18,21). The maximum absolute atomic E-state index is 11.7. The molecule has 0 atom stereocenters. The molecule has 1 aliphatic heterocycles.